The highest BCUT2D eigenvalue weighted by atomic mass is 19.2. The van der Waals surface area contributed by atoms with Gasteiger partial charge in [0.1, 0.15) is 29.7 Å². The number of ether oxygens (including phenoxy) is 3. The first-order valence-electron chi connectivity index (χ1n) is 9.66. The highest BCUT2D eigenvalue weighted by Crippen LogP contribution is 2.28. The van der Waals surface area contributed by atoms with Crippen LogP contribution in [0.2, 0.25) is 0 Å². The smallest absolute Gasteiger partial charge is 0.257 e. The van der Waals surface area contributed by atoms with E-state index >= 15 is 0 Å². The third kappa shape index (κ3) is 4.69. The molecule has 33 heavy (non-hydrogen) atoms. The van der Waals surface area contributed by atoms with E-state index in [1.165, 1.54) is 14.2 Å². The van der Waals surface area contributed by atoms with Gasteiger partial charge >= 0.3 is 0 Å². The zero-order valence-corrected chi connectivity index (χ0v) is 17.5. The predicted molar refractivity (Wildman–Crippen MR) is 114 cm³/mol. The van der Waals surface area contributed by atoms with E-state index in [9.17, 15) is 18.0 Å². The van der Waals surface area contributed by atoms with Crippen LogP contribution in [-0.2, 0) is 6.61 Å². The summed E-state index contributed by atoms with van der Waals surface area (Å²) in [5, 5.41) is 10.1. The fraction of sp³-hybridized carbons (Fsp3) is 0.130. The first-order valence-corrected chi connectivity index (χ1v) is 9.66. The molecule has 170 valence electrons. The van der Waals surface area contributed by atoms with Gasteiger partial charge in [-0.2, -0.15) is 5.10 Å². The van der Waals surface area contributed by atoms with E-state index in [-0.39, 0.29) is 18.0 Å². The average molecular weight is 457 g/mol. The van der Waals surface area contributed by atoms with Crippen molar-refractivity contribution in [3.8, 4) is 17.2 Å². The van der Waals surface area contributed by atoms with Gasteiger partial charge in [-0.05, 0) is 36.4 Å². The highest BCUT2D eigenvalue weighted by Gasteiger charge is 2.15. The Morgan fingerprint density at radius 3 is 2.30 bits per heavy atom. The molecule has 0 aliphatic carbocycles. The normalized spacial score (nSPS) is 10.8. The standard InChI is InChI=1S/C23H18F3N3O4/c1-31-15-5-12(6-16(8-15)32-2)23(30)27-22-17-9-14(3-4-21(17)28-29-22)33-11-13-7-19(25)20(26)10-18(13)24/h3-10H,11H2,1-2H3,(H2,27,28,29,30). The fourth-order valence-electron chi connectivity index (χ4n) is 3.13. The van der Waals surface area contributed by atoms with Gasteiger partial charge in [0.2, 0.25) is 0 Å². The molecule has 0 aliphatic rings. The Hall–Kier alpha value is -4.21. The van der Waals surface area contributed by atoms with Crippen molar-refractivity contribution >= 4 is 22.6 Å². The number of rotatable bonds is 7. The molecule has 0 fully saturated rings. The van der Waals surface area contributed by atoms with Crippen molar-refractivity contribution < 1.29 is 32.2 Å². The van der Waals surface area contributed by atoms with Crippen LogP contribution in [0.25, 0.3) is 10.9 Å². The first-order chi connectivity index (χ1) is 15.9. The van der Waals surface area contributed by atoms with Crippen molar-refractivity contribution in [2.24, 2.45) is 0 Å². The number of carbonyl (C=O) groups is 1. The molecule has 4 rings (SSSR count). The van der Waals surface area contributed by atoms with Gasteiger partial charge in [0.15, 0.2) is 17.5 Å². The predicted octanol–water partition coefficient (Wildman–Crippen LogP) is 4.83. The van der Waals surface area contributed by atoms with Crippen molar-refractivity contribution in [3.05, 3.63) is 77.1 Å². The van der Waals surface area contributed by atoms with Crippen LogP contribution in [-0.4, -0.2) is 30.3 Å². The molecular weight excluding hydrogens is 439 g/mol. The van der Waals surface area contributed by atoms with Crippen LogP contribution < -0.4 is 19.5 Å². The van der Waals surface area contributed by atoms with Gasteiger partial charge in [0, 0.05) is 28.6 Å². The zero-order valence-electron chi connectivity index (χ0n) is 17.5. The maximum Gasteiger partial charge on any atom is 0.257 e. The Labute approximate surface area is 186 Å². The molecule has 1 heterocycles. The van der Waals surface area contributed by atoms with Crippen LogP contribution in [0.4, 0.5) is 19.0 Å². The molecule has 4 aromatic rings. The SMILES string of the molecule is COc1cc(OC)cc(C(=O)Nc2n[nH]c3ccc(OCc4cc(F)c(F)cc4F)cc23)c1. The summed E-state index contributed by atoms with van der Waals surface area (Å²) < 4.78 is 56.2. The molecule has 3 aromatic carbocycles. The molecule has 0 saturated heterocycles. The number of amides is 1. The summed E-state index contributed by atoms with van der Waals surface area (Å²) >= 11 is 0. The minimum absolute atomic E-state index is 0.137. The van der Waals surface area contributed by atoms with E-state index in [0.29, 0.717) is 39.8 Å². The maximum atomic E-state index is 13.8. The van der Waals surface area contributed by atoms with Crippen molar-refractivity contribution in [3.63, 3.8) is 0 Å². The number of fused-ring (bicyclic) bond motifs is 1. The number of aromatic nitrogens is 2. The number of anilines is 1. The molecule has 0 radical (unpaired) electrons. The second-order valence-corrected chi connectivity index (χ2v) is 6.98. The number of H-pyrrole nitrogens is 1. The molecule has 0 atom stereocenters. The number of hydrogen-bond donors (Lipinski definition) is 2. The van der Waals surface area contributed by atoms with Crippen molar-refractivity contribution in [2.75, 3.05) is 19.5 Å². The quantitative estimate of drug-likeness (QED) is 0.389. The molecule has 7 nitrogen and oxygen atoms in total. The fourth-order valence-corrected chi connectivity index (χ4v) is 3.13. The van der Waals surface area contributed by atoms with Gasteiger partial charge in [-0.1, -0.05) is 0 Å². The Morgan fingerprint density at radius 1 is 0.909 bits per heavy atom. The largest absolute Gasteiger partial charge is 0.497 e. The lowest BCUT2D eigenvalue weighted by atomic mass is 10.1. The van der Waals surface area contributed by atoms with E-state index < -0.39 is 23.4 Å². The number of nitrogens with zero attached hydrogens (tertiary/aromatic N) is 1. The van der Waals surface area contributed by atoms with Crippen LogP contribution in [0.3, 0.4) is 0 Å². The molecule has 2 N–H and O–H groups in total. The minimum Gasteiger partial charge on any atom is -0.497 e. The third-order valence-corrected chi connectivity index (χ3v) is 4.86. The van der Waals surface area contributed by atoms with E-state index in [2.05, 4.69) is 15.5 Å². The minimum atomic E-state index is -1.27. The molecule has 10 heteroatoms. The van der Waals surface area contributed by atoms with Crippen molar-refractivity contribution in [1.29, 1.82) is 0 Å². The Bertz CT molecular complexity index is 1320. The summed E-state index contributed by atoms with van der Waals surface area (Å²) in [4.78, 5) is 12.8. The van der Waals surface area contributed by atoms with Crippen LogP contribution in [0.5, 0.6) is 17.2 Å². The topological polar surface area (TPSA) is 85.5 Å². The van der Waals surface area contributed by atoms with Crippen molar-refractivity contribution in [2.45, 2.75) is 6.61 Å². The first kappa shape index (κ1) is 22.0. The Morgan fingerprint density at radius 2 is 1.61 bits per heavy atom. The summed E-state index contributed by atoms with van der Waals surface area (Å²) in [5.74, 6) is -2.36. The summed E-state index contributed by atoms with van der Waals surface area (Å²) in [7, 11) is 2.96. The van der Waals surface area contributed by atoms with Gasteiger partial charge in [-0.25, -0.2) is 13.2 Å². The van der Waals surface area contributed by atoms with E-state index in [4.69, 9.17) is 14.2 Å². The van der Waals surface area contributed by atoms with E-state index in [1.54, 1.807) is 36.4 Å². The zero-order chi connectivity index (χ0) is 23.5. The number of benzene rings is 3. The molecular formula is C23H18F3N3O4. The van der Waals surface area contributed by atoms with Crippen LogP contribution in [0.15, 0.2) is 48.5 Å². The van der Waals surface area contributed by atoms with Crippen LogP contribution in [0, 0.1) is 17.5 Å². The van der Waals surface area contributed by atoms with Gasteiger partial charge in [0.05, 0.1) is 19.7 Å². The number of halogens is 3. The Balaban J connectivity index is 1.55. The highest BCUT2D eigenvalue weighted by molar-refractivity contribution is 6.08. The van der Waals surface area contributed by atoms with Crippen LogP contribution >= 0.6 is 0 Å². The number of methoxy groups -OCH3 is 2. The molecule has 1 aromatic heterocycles. The monoisotopic (exact) mass is 457 g/mol. The molecule has 0 spiro atoms. The number of hydrogen-bond acceptors (Lipinski definition) is 5. The summed E-state index contributed by atoms with van der Waals surface area (Å²) in [6.07, 6.45) is 0. The molecule has 0 aliphatic heterocycles. The lowest BCUT2D eigenvalue weighted by molar-refractivity contribution is 0.102. The molecule has 0 saturated carbocycles. The lowest BCUT2D eigenvalue weighted by Gasteiger charge is -2.09. The number of aromatic amines is 1. The molecule has 1 amide bonds. The molecule has 0 bridgehead atoms. The third-order valence-electron chi connectivity index (χ3n) is 4.86. The van der Waals surface area contributed by atoms with Gasteiger partial charge in [0.25, 0.3) is 5.91 Å². The maximum absolute atomic E-state index is 13.8. The summed E-state index contributed by atoms with van der Waals surface area (Å²) in [6, 6.07) is 10.8. The number of nitrogens with one attached hydrogen (secondary N) is 2. The van der Waals surface area contributed by atoms with E-state index in [1.807, 2.05) is 0 Å². The number of carbonyl (C=O) groups excluding carboxylic acids is 1. The summed E-state index contributed by atoms with van der Waals surface area (Å²) in [5.41, 5.74) is 0.769. The second kappa shape index (κ2) is 9.11. The summed E-state index contributed by atoms with van der Waals surface area (Å²) in [6.45, 7) is -0.322. The lowest BCUT2D eigenvalue weighted by Crippen LogP contribution is -2.12. The molecule has 0 unspecified atom stereocenters. The van der Waals surface area contributed by atoms with Gasteiger partial charge < -0.3 is 19.5 Å². The van der Waals surface area contributed by atoms with Gasteiger partial charge in [-0.15, -0.1) is 0 Å². The van der Waals surface area contributed by atoms with Crippen molar-refractivity contribution in [1.82, 2.24) is 10.2 Å². The van der Waals surface area contributed by atoms with E-state index in [0.717, 1.165) is 6.07 Å². The Kier molecular flexibility index (Phi) is 6.07. The average Bonchev–Trinajstić information content (AvgIpc) is 3.22. The van der Waals surface area contributed by atoms with Crippen LogP contribution in [0.1, 0.15) is 15.9 Å². The second-order valence-electron chi connectivity index (χ2n) is 6.98. The van der Waals surface area contributed by atoms with Gasteiger partial charge in [-0.3, -0.25) is 9.89 Å².